The molecule has 24 heavy (non-hydrogen) atoms. The molecule has 0 bridgehead atoms. The van der Waals surface area contributed by atoms with E-state index >= 15 is 0 Å². The summed E-state index contributed by atoms with van der Waals surface area (Å²) in [4.78, 5) is 8.78. The highest BCUT2D eigenvalue weighted by Gasteiger charge is 2.02. The molecule has 0 amide bonds. The van der Waals surface area contributed by atoms with Gasteiger partial charge in [0.15, 0.2) is 5.96 Å². The van der Waals surface area contributed by atoms with Crippen molar-refractivity contribution >= 4 is 46.4 Å². The summed E-state index contributed by atoms with van der Waals surface area (Å²) in [6.07, 6.45) is 1.79. The maximum absolute atomic E-state index is 5.96. The molecule has 0 spiro atoms. The van der Waals surface area contributed by atoms with Gasteiger partial charge in [-0.3, -0.25) is 4.98 Å². The minimum Gasteiger partial charge on any atom is -0.497 e. The number of aliphatic imine (C=N–C) groups is 1. The number of pyridine rings is 1. The molecule has 0 aliphatic carbocycles. The van der Waals surface area contributed by atoms with Gasteiger partial charge < -0.3 is 15.8 Å². The van der Waals surface area contributed by atoms with E-state index in [4.69, 9.17) is 10.5 Å². The van der Waals surface area contributed by atoms with Gasteiger partial charge in [0, 0.05) is 23.3 Å². The highest BCUT2D eigenvalue weighted by Crippen LogP contribution is 2.18. The number of guanidine groups is 1. The Labute approximate surface area is 158 Å². The average Bonchev–Trinajstić information content (AvgIpc) is 2.60. The molecule has 1 heterocycles. The predicted molar refractivity (Wildman–Crippen MR) is 109 cm³/mol. The lowest BCUT2D eigenvalue weighted by Crippen LogP contribution is -2.22. The van der Waals surface area contributed by atoms with Crippen LogP contribution in [0.2, 0.25) is 0 Å². The molecule has 3 rings (SSSR count). The van der Waals surface area contributed by atoms with Gasteiger partial charge in [-0.05, 0) is 23.6 Å². The number of hydrogen-bond donors (Lipinski definition) is 2. The Morgan fingerprint density at radius 2 is 2.00 bits per heavy atom. The zero-order chi connectivity index (χ0) is 16.1. The van der Waals surface area contributed by atoms with Crippen LogP contribution in [0.1, 0.15) is 5.69 Å². The zero-order valence-electron chi connectivity index (χ0n) is 13.3. The Kier molecular flexibility index (Phi) is 6.36. The molecule has 2 aromatic carbocycles. The lowest BCUT2D eigenvalue weighted by Gasteiger charge is -2.08. The van der Waals surface area contributed by atoms with Crippen LogP contribution in [0.3, 0.4) is 0 Å². The maximum atomic E-state index is 5.96. The molecule has 6 heteroatoms. The van der Waals surface area contributed by atoms with Crippen LogP contribution >= 0.6 is 24.0 Å². The van der Waals surface area contributed by atoms with Gasteiger partial charge in [0.1, 0.15) is 5.75 Å². The molecule has 0 atom stereocenters. The SMILES string of the molecule is COc1cccc(NC(N)=NCc2nccc3ccccc23)c1.I. The normalized spacial score (nSPS) is 11.0. The van der Waals surface area contributed by atoms with Gasteiger partial charge in [-0.1, -0.05) is 30.3 Å². The van der Waals surface area contributed by atoms with E-state index in [9.17, 15) is 0 Å². The van der Waals surface area contributed by atoms with Gasteiger partial charge in [-0.25, -0.2) is 4.99 Å². The number of nitrogens with two attached hydrogens (primary N) is 1. The van der Waals surface area contributed by atoms with E-state index in [-0.39, 0.29) is 24.0 Å². The molecule has 0 aliphatic heterocycles. The van der Waals surface area contributed by atoms with Gasteiger partial charge in [-0.2, -0.15) is 0 Å². The van der Waals surface area contributed by atoms with Crippen LogP contribution in [-0.4, -0.2) is 18.1 Å². The smallest absolute Gasteiger partial charge is 0.193 e. The molecule has 0 saturated carbocycles. The lowest BCUT2D eigenvalue weighted by atomic mass is 10.1. The Morgan fingerprint density at radius 3 is 2.83 bits per heavy atom. The van der Waals surface area contributed by atoms with Gasteiger partial charge in [-0.15, -0.1) is 24.0 Å². The van der Waals surface area contributed by atoms with E-state index in [1.165, 1.54) is 0 Å². The van der Waals surface area contributed by atoms with Crippen molar-refractivity contribution in [2.45, 2.75) is 6.54 Å². The second-order valence-electron chi connectivity index (χ2n) is 5.04. The number of benzene rings is 2. The minimum atomic E-state index is 0. The number of aromatic nitrogens is 1. The van der Waals surface area contributed by atoms with Crippen molar-refractivity contribution in [1.82, 2.24) is 4.98 Å². The zero-order valence-corrected chi connectivity index (χ0v) is 15.6. The second-order valence-corrected chi connectivity index (χ2v) is 5.04. The first-order chi connectivity index (χ1) is 11.3. The number of ether oxygens (including phenoxy) is 1. The summed E-state index contributed by atoms with van der Waals surface area (Å²) in [5.41, 5.74) is 7.69. The van der Waals surface area contributed by atoms with E-state index in [0.717, 1.165) is 27.9 Å². The molecule has 0 radical (unpaired) electrons. The van der Waals surface area contributed by atoms with Crippen molar-refractivity contribution in [3.05, 3.63) is 66.5 Å². The molecule has 0 unspecified atom stereocenters. The van der Waals surface area contributed by atoms with Gasteiger partial charge >= 0.3 is 0 Å². The van der Waals surface area contributed by atoms with E-state index in [0.29, 0.717) is 12.5 Å². The van der Waals surface area contributed by atoms with Crippen LogP contribution in [0.15, 0.2) is 65.8 Å². The second kappa shape index (κ2) is 8.49. The highest BCUT2D eigenvalue weighted by molar-refractivity contribution is 14.0. The summed E-state index contributed by atoms with van der Waals surface area (Å²) in [5, 5.41) is 5.29. The van der Waals surface area contributed by atoms with E-state index in [2.05, 4.69) is 21.4 Å². The quantitative estimate of drug-likeness (QED) is 0.373. The Bertz CT molecular complexity index is 846. The maximum Gasteiger partial charge on any atom is 0.193 e. The third kappa shape index (κ3) is 4.35. The monoisotopic (exact) mass is 434 g/mol. The summed E-state index contributed by atoms with van der Waals surface area (Å²) in [5.74, 6) is 1.10. The molecule has 0 saturated heterocycles. The number of halogens is 1. The van der Waals surface area contributed by atoms with Gasteiger partial charge in [0.25, 0.3) is 0 Å². The molecule has 0 fully saturated rings. The lowest BCUT2D eigenvalue weighted by molar-refractivity contribution is 0.415. The predicted octanol–water partition coefficient (Wildman–Crippen LogP) is 3.79. The van der Waals surface area contributed by atoms with Crippen LogP contribution in [0, 0.1) is 0 Å². The highest BCUT2D eigenvalue weighted by atomic mass is 127. The van der Waals surface area contributed by atoms with E-state index in [1.807, 2.05) is 48.5 Å². The van der Waals surface area contributed by atoms with Crippen molar-refractivity contribution in [3.63, 3.8) is 0 Å². The van der Waals surface area contributed by atoms with Crippen LogP contribution in [-0.2, 0) is 6.54 Å². The Balaban J connectivity index is 0.00000208. The summed E-state index contributed by atoms with van der Waals surface area (Å²) in [6.45, 7) is 0.421. The van der Waals surface area contributed by atoms with Crippen LogP contribution in [0.25, 0.3) is 10.8 Å². The molecule has 124 valence electrons. The third-order valence-corrected chi connectivity index (χ3v) is 3.50. The first-order valence-corrected chi connectivity index (χ1v) is 7.30. The number of anilines is 1. The van der Waals surface area contributed by atoms with Gasteiger partial charge in [0.2, 0.25) is 0 Å². The van der Waals surface area contributed by atoms with Crippen molar-refractivity contribution in [3.8, 4) is 5.75 Å². The molecule has 1 aromatic heterocycles. The summed E-state index contributed by atoms with van der Waals surface area (Å²) < 4.78 is 5.18. The summed E-state index contributed by atoms with van der Waals surface area (Å²) in [6, 6.07) is 17.6. The fraction of sp³-hybridized carbons (Fsp3) is 0.111. The summed E-state index contributed by atoms with van der Waals surface area (Å²) in [7, 11) is 1.63. The van der Waals surface area contributed by atoms with Crippen LogP contribution in [0.5, 0.6) is 5.75 Å². The van der Waals surface area contributed by atoms with E-state index < -0.39 is 0 Å². The van der Waals surface area contributed by atoms with E-state index in [1.54, 1.807) is 13.3 Å². The minimum absolute atomic E-state index is 0. The molecular formula is C18H19IN4O. The molecular weight excluding hydrogens is 415 g/mol. The van der Waals surface area contributed by atoms with Crippen LogP contribution in [0.4, 0.5) is 5.69 Å². The van der Waals surface area contributed by atoms with Crippen molar-refractivity contribution < 1.29 is 4.74 Å². The largest absolute Gasteiger partial charge is 0.497 e. The molecule has 5 nitrogen and oxygen atoms in total. The number of nitrogens with one attached hydrogen (secondary N) is 1. The molecule has 3 aromatic rings. The Hall–Kier alpha value is -2.35. The number of rotatable bonds is 4. The Morgan fingerprint density at radius 1 is 1.17 bits per heavy atom. The number of hydrogen-bond acceptors (Lipinski definition) is 3. The first-order valence-electron chi connectivity index (χ1n) is 7.30. The number of nitrogens with zero attached hydrogens (tertiary/aromatic N) is 2. The first kappa shape index (κ1) is 18.0. The van der Waals surface area contributed by atoms with Gasteiger partial charge in [0.05, 0.1) is 19.3 Å². The molecule has 3 N–H and O–H groups in total. The average molecular weight is 434 g/mol. The van der Waals surface area contributed by atoms with Crippen molar-refractivity contribution in [1.29, 1.82) is 0 Å². The van der Waals surface area contributed by atoms with Crippen molar-refractivity contribution in [2.24, 2.45) is 10.7 Å². The fourth-order valence-electron chi connectivity index (χ4n) is 2.36. The standard InChI is InChI=1S/C18H18N4O.HI/c1-23-15-7-4-6-14(11-15)22-18(19)21-12-17-16-8-3-2-5-13(16)9-10-20-17;/h2-11H,12H2,1H3,(H3,19,21,22);1H. The topological polar surface area (TPSA) is 72.5 Å². The number of fused-ring (bicyclic) bond motifs is 1. The third-order valence-electron chi connectivity index (χ3n) is 3.50. The van der Waals surface area contributed by atoms with Crippen LogP contribution < -0.4 is 15.8 Å². The fourth-order valence-corrected chi connectivity index (χ4v) is 2.36. The van der Waals surface area contributed by atoms with Crippen molar-refractivity contribution in [2.75, 3.05) is 12.4 Å². The molecule has 0 aliphatic rings. The number of methoxy groups -OCH3 is 1. The summed E-state index contributed by atoms with van der Waals surface area (Å²) >= 11 is 0.